The second-order valence-electron chi connectivity index (χ2n) is 6.39. The Bertz CT molecular complexity index is 1380. The highest BCUT2D eigenvalue weighted by molar-refractivity contribution is 6.07. The third-order valence-corrected chi connectivity index (χ3v) is 4.64. The summed E-state index contributed by atoms with van der Waals surface area (Å²) in [7, 11) is 2.92. The largest absolute Gasteiger partial charge is 0.329 e. The summed E-state index contributed by atoms with van der Waals surface area (Å²) in [5, 5.41) is 0.218. The van der Waals surface area contributed by atoms with Crippen molar-refractivity contribution in [2.45, 2.75) is 6.92 Å². The Morgan fingerprint density at radius 1 is 0.778 bits per heavy atom. The van der Waals surface area contributed by atoms with Crippen molar-refractivity contribution in [1.29, 1.82) is 0 Å². The molecule has 136 valence electrons. The molecule has 0 amide bonds. The molecule has 3 heterocycles. The Labute approximate surface area is 150 Å². The van der Waals surface area contributed by atoms with E-state index < -0.39 is 22.5 Å². The number of benzene rings is 1. The first-order valence-corrected chi connectivity index (χ1v) is 8.12. The van der Waals surface area contributed by atoms with Crippen LogP contribution in [0.4, 0.5) is 0 Å². The number of pyridine rings is 1. The summed E-state index contributed by atoms with van der Waals surface area (Å²) in [6.07, 6.45) is 0. The molecule has 2 N–H and O–H groups in total. The van der Waals surface area contributed by atoms with E-state index >= 15 is 0 Å². The van der Waals surface area contributed by atoms with Crippen LogP contribution in [0.2, 0.25) is 0 Å². The first kappa shape index (κ1) is 16.7. The Balaban J connectivity index is 2.43. The number of nitrogens with one attached hydrogen (secondary N) is 2. The summed E-state index contributed by atoms with van der Waals surface area (Å²) in [4.78, 5) is 58.1. The van der Waals surface area contributed by atoms with Gasteiger partial charge in [-0.05, 0) is 12.5 Å². The van der Waals surface area contributed by atoms with Crippen LogP contribution >= 0.6 is 0 Å². The van der Waals surface area contributed by atoms with Crippen LogP contribution in [0.5, 0.6) is 0 Å². The van der Waals surface area contributed by atoms with Crippen LogP contribution in [-0.2, 0) is 14.1 Å². The predicted molar refractivity (Wildman–Crippen MR) is 101 cm³/mol. The molecule has 4 aromatic rings. The molecule has 4 rings (SSSR count). The molecular formula is C18H15N5O4. The van der Waals surface area contributed by atoms with Crippen molar-refractivity contribution in [2.24, 2.45) is 14.1 Å². The van der Waals surface area contributed by atoms with Gasteiger partial charge >= 0.3 is 11.4 Å². The average molecular weight is 365 g/mol. The molecule has 0 saturated carbocycles. The van der Waals surface area contributed by atoms with Crippen LogP contribution in [0.15, 0.2) is 43.4 Å². The summed E-state index contributed by atoms with van der Waals surface area (Å²) in [5.74, 6) is 0. The fraction of sp³-hybridized carbons (Fsp3) is 0.167. The minimum Gasteiger partial charge on any atom is -0.281 e. The van der Waals surface area contributed by atoms with Crippen molar-refractivity contribution in [3.63, 3.8) is 0 Å². The van der Waals surface area contributed by atoms with Gasteiger partial charge in [0.15, 0.2) is 11.3 Å². The lowest BCUT2D eigenvalue weighted by molar-refractivity contribution is 0.810. The van der Waals surface area contributed by atoms with Gasteiger partial charge in [0.2, 0.25) is 0 Å². The third kappa shape index (κ3) is 2.35. The van der Waals surface area contributed by atoms with Gasteiger partial charge in [0, 0.05) is 19.7 Å². The van der Waals surface area contributed by atoms with Gasteiger partial charge in [-0.15, -0.1) is 0 Å². The zero-order valence-electron chi connectivity index (χ0n) is 14.8. The van der Waals surface area contributed by atoms with Crippen LogP contribution in [0.3, 0.4) is 0 Å². The summed E-state index contributed by atoms with van der Waals surface area (Å²) in [6.45, 7) is 1.92. The SMILES string of the molecule is Cc1ccc(-c2c3c(=O)[nH]c(=O)n(C)c3nc3c2c(=O)[nH]c(=O)n3C)cc1. The quantitative estimate of drug-likeness (QED) is 0.465. The monoisotopic (exact) mass is 365 g/mol. The number of rotatable bonds is 1. The molecule has 9 heteroatoms. The molecule has 27 heavy (non-hydrogen) atoms. The van der Waals surface area contributed by atoms with Gasteiger partial charge in [-0.25, -0.2) is 14.6 Å². The van der Waals surface area contributed by atoms with Crippen molar-refractivity contribution in [2.75, 3.05) is 0 Å². The van der Waals surface area contributed by atoms with E-state index in [1.54, 1.807) is 12.1 Å². The van der Waals surface area contributed by atoms with E-state index in [0.29, 0.717) is 11.1 Å². The smallest absolute Gasteiger partial charge is 0.281 e. The van der Waals surface area contributed by atoms with E-state index in [-0.39, 0.29) is 22.1 Å². The number of H-pyrrole nitrogens is 2. The van der Waals surface area contributed by atoms with Crippen molar-refractivity contribution < 1.29 is 0 Å². The molecule has 9 nitrogen and oxygen atoms in total. The normalized spacial score (nSPS) is 11.4. The van der Waals surface area contributed by atoms with Gasteiger partial charge in [-0.2, -0.15) is 0 Å². The van der Waals surface area contributed by atoms with E-state index in [1.165, 1.54) is 23.2 Å². The molecule has 0 saturated heterocycles. The summed E-state index contributed by atoms with van der Waals surface area (Å²) >= 11 is 0. The molecule has 0 radical (unpaired) electrons. The van der Waals surface area contributed by atoms with Crippen molar-refractivity contribution >= 4 is 22.1 Å². The van der Waals surface area contributed by atoms with Gasteiger partial charge < -0.3 is 0 Å². The first-order valence-electron chi connectivity index (χ1n) is 8.12. The van der Waals surface area contributed by atoms with E-state index in [9.17, 15) is 19.2 Å². The minimum atomic E-state index is -0.647. The number of hydrogen-bond acceptors (Lipinski definition) is 5. The number of nitrogens with zero attached hydrogens (tertiary/aromatic N) is 3. The minimum absolute atomic E-state index is 0.0902. The molecule has 0 fully saturated rings. The third-order valence-electron chi connectivity index (χ3n) is 4.64. The Morgan fingerprint density at radius 3 is 1.67 bits per heavy atom. The highest BCUT2D eigenvalue weighted by Crippen LogP contribution is 2.30. The van der Waals surface area contributed by atoms with Crippen LogP contribution in [0.1, 0.15) is 5.56 Å². The highest BCUT2D eigenvalue weighted by atomic mass is 16.2. The number of hydrogen-bond donors (Lipinski definition) is 2. The van der Waals surface area contributed by atoms with E-state index in [4.69, 9.17) is 0 Å². The van der Waals surface area contributed by atoms with Gasteiger partial charge in [0.25, 0.3) is 11.1 Å². The number of aromatic nitrogens is 5. The molecule has 3 aromatic heterocycles. The van der Waals surface area contributed by atoms with Crippen LogP contribution in [-0.4, -0.2) is 24.1 Å². The van der Waals surface area contributed by atoms with E-state index in [0.717, 1.165) is 5.56 Å². The number of aryl methyl sites for hydroxylation is 3. The topological polar surface area (TPSA) is 123 Å². The number of aromatic amines is 2. The van der Waals surface area contributed by atoms with Crippen molar-refractivity contribution in [3.8, 4) is 11.1 Å². The van der Waals surface area contributed by atoms with Crippen LogP contribution in [0, 0.1) is 6.92 Å². The van der Waals surface area contributed by atoms with Gasteiger partial charge in [0.1, 0.15) is 0 Å². The maximum absolute atomic E-state index is 12.6. The maximum Gasteiger partial charge on any atom is 0.329 e. The molecule has 0 atom stereocenters. The molecular weight excluding hydrogens is 350 g/mol. The molecule has 0 spiro atoms. The summed E-state index contributed by atoms with van der Waals surface area (Å²) in [5.41, 5.74) is -0.454. The standard InChI is InChI=1S/C18H15N5O4/c1-8-4-6-9(7-5-8)10-11-13(22(2)17(26)20-15(11)24)19-14-12(10)16(25)21-18(27)23(14)3/h4-7H,1-3H3,(H,20,24,26)(H,21,25,27). The average Bonchev–Trinajstić information content (AvgIpc) is 2.63. The molecule has 0 aliphatic carbocycles. The second-order valence-corrected chi connectivity index (χ2v) is 6.39. The fourth-order valence-corrected chi connectivity index (χ4v) is 3.16. The van der Waals surface area contributed by atoms with Crippen molar-refractivity contribution in [1.82, 2.24) is 24.1 Å². The van der Waals surface area contributed by atoms with Gasteiger partial charge in [-0.3, -0.25) is 28.7 Å². The predicted octanol–water partition coefficient (Wildman–Crippen LogP) is 0.137. The van der Waals surface area contributed by atoms with Crippen LogP contribution < -0.4 is 22.5 Å². The van der Waals surface area contributed by atoms with Gasteiger partial charge in [0.05, 0.1) is 10.8 Å². The Hall–Kier alpha value is -3.75. The summed E-state index contributed by atoms with van der Waals surface area (Å²) in [6, 6.07) is 7.25. The fourth-order valence-electron chi connectivity index (χ4n) is 3.16. The molecule has 0 bridgehead atoms. The number of fused-ring (bicyclic) bond motifs is 2. The molecule has 0 aliphatic heterocycles. The first-order chi connectivity index (χ1) is 12.8. The van der Waals surface area contributed by atoms with Crippen LogP contribution in [0.25, 0.3) is 33.2 Å². The molecule has 1 aromatic carbocycles. The molecule has 0 unspecified atom stereocenters. The second kappa shape index (κ2) is 5.63. The maximum atomic E-state index is 12.6. The van der Waals surface area contributed by atoms with E-state index in [1.807, 2.05) is 19.1 Å². The lowest BCUT2D eigenvalue weighted by Gasteiger charge is -2.13. The lowest BCUT2D eigenvalue weighted by atomic mass is 9.99. The zero-order chi connectivity index (χ0) is 19.5. The lowest BCUT2D eigenvalue weighted by Crippen LogP contribution is -2.32. The Kier molecular flexibility index (Phi) is 3.48. The highest BCUT2D eigenvalue weighted by Gasteiger charge is 2.21. The zero-order valence-corrected chi connectivity index (χ0v) is 14.8. The molecule has 0 aliphatic rings. The van der Waals surface area contributed by atoms with Gasteiger partial charge in [-0.1, -0.05) is 29.8 Å². The Morgan fingerprint density at radius 2 is 1.22 bits per heavy atom. The van der Waals surface area contributed by atoms with E-state index in [2.05, 4.69) is 15.0 Å². The summed E-state index contributed by atoms with van der Waals surface area (Å²) < 4.78 is 2.36. The van der Waals surface area contributed by atoms with Crippen molar-refractivity contribution in [3.05, 3.63) is 71.5 Å².